The van der Waals surface area contributed by atoms with E-state index in [0.717, 1.165) is 28.4 Å². The summed E-state index contributed by atoms with van der Waals surface area (Å²) < 4.78 is 8.53. The molecule has 0 spiro atoms. The van der Waals surface area contributed by atoms with E-state index in [1.807, 2.05) is 49.0 Å². The fourth-order valence-corrected chi connectivity index (χ4v) is 2.33. The summed E-state index contributed by atoms with van der Waals surface area (Å²) in [6, 6.07) is 9.77. The van der Waals surface area contributed by atoms with Crippen molar-refractivity contribution in [2.45, 2.75) is 13.5 Å². The summed E-state index contributed by atoms with van der Waals surface area (Å²) in [6.07, 6.45) is 1.77. The Kier molecular flexibility index (Phi) is 9.77. The fourth-order valence-electron chi connectivity index (χ4n) is 1.95. The summed E-state index contributed by atoms with van der Waals surface area (Å²) >= 11 is 3.43. The molecule has 0 aliphatic rings. The predicted octanol–water partition coefficient (Wildman–Crippen LogP) is 2.93. The molecule has 132 valence electrons. The maximum Gasteiger partial charge on any atom is 0.191 e. The van der Waals surface area contributed by atoms with Gasteiger partial charge >= 0.3 is 0 Å². The number of halogens is 2. The standard InChI is InChI=1S/C16H22BrN5O.HI/c1-3-18-16(20-12-14-7-8-21-22(14)2)19-9-10-23-15-6-4-5-13(17)11-15;/h4-8,11H,3,9-10,12H2,1-2H3,(H2,18,19,20);1H. The lowest BCUT2D eigenvalue weighted by Crippen LogP contribution is -2.39. The SMILES string of the molecule is CCNC(=NCc1ccnn1C)NCCOc1cccc(Br)c1.I. The first kappa shape index (κ1) is 20.8. The lowest BCUT2D eigenvalue weighted by atomic mass is 10.3. The molecule has 0 bridgehead atoms. The topological polar surface area (TPSA) is 63.5 Å². The monoisotopic (exact) mass is 507 g/mol. The summed E-state index contributed by atoms with van der Waals surface area (Å²) in [4.78, 5) is 4.55. The zero-order valence-electron chi connectivity index (χ0n) is 13.8. The van der Waals surface area contributed by atoms with Crippen LogP contribution in [0.4, 0.5) is 0 Å². The Morgan fingerprint density at radius 2 is 2.17 bits per heavy atom. The van der Waals surface area contributed by atoms with Crippen LogP contribution in [0.3, 0.4) is 0 Å². The molecule has 0 unspecified atom stereocenters. The zero-order chi connectivity index (χ0) is 16.5. The van der Waals surface area contributed by atoms with Gasteiger partial charge in [-0.3, -0.25) is 4.68 Å². The van der Waals surface area contributed by atoms with Crippen molar-refractivity contribution < 1.29 is 4.74 Å². The number of rotatable bonds is 7. The van der Waals surface area contributed by atoms with E-state index >= 15 is 0 Å². The molecule has 2 N–H and O–H groups in total. The Hall–Kier alpha value is -1.29. The van der Waals surface area contributed by atoms with Crippen LogP contribution in [0.1, 0.15) is 12.6 Å². The van der Waals surface area contributed by atoms with Crippen molar-refractivity contribution in [3.05, 3.63) is 46.7 Å². The molecular weight excluding hydrogens is 485 g/mol. The normalized spacial score (nSPS) is 10.9. The van der Waals surface area contributed by atoms with Crippen LogP contribution in [-0.4, -0.2) is 35.4 Å². The first-order valence-electron chi connectivity index (χ1n) is 7.56. The van der Waals surface area contributed by atoms with E-state index in [-0.39, 0.29) is 24.0 Å². The second kappa shape index (κ2) is 11.3. The number of hydrogen-bond donors (Lipinski definition) is 2. The highest BCUT2D eigenvalue weighted by molar-refractivity contribution is 14.0. The van der Waals surface area contributed by atoms with Crippen molar-refractivity contribution in [1.29, 1.82) is 0 Å². The maximum absolute atomic E-state index is 5.70. The van der Waals surface area contributed by atoms with Crippen molar-refractivity contribution in [1.82, 2.24) is 20.4 Å². The first-order valence-corrected chi connectivity index (χ1v) is 8.35. The molecule has 1 heterocycles. The van der Waals surface area contributed by atoms with Crippen molar-refractivity contribution >= 4 is 45.9 Å². The van der Waals surface area contributed by atoms with Crippen molar-refractivity contribution in [3.8, 4) is 5.75 Å². The molecule has 0 saturated carbocycles. The van der Waals surface area contributed by atoms with Gasteiger partial charge in [0.25, 0.3) is 0 Å². The number of guanidine groups is 1. The molecule has 0 atom stereocenters. The third-order valence-corrected chi connectivity index (χ3v) is 3.62. The highest BCUT2D eigenvalue weighted by Crippen LogP contribution is 2.17. The Bertz CT molecular complexity index is 647. The highest BCUT2D eigenvalue weighted by atomic mass is 127. The van der Waals surface area contributed by atoms with Gasteiger partial charge in [0.2, 0.25) is 0 Å². The van der Waals surface area contributed by atoms with E-state index in [2.05, 4.69) is 36.7 Å². The number of ether oxygens (including phenoxy) is 1. The second-order valence-corrected chi connectivity index (χ2v) is 5.79. The van der Waals surface area contributed by atoms with Gasteiger partial charge in [0.05, 0.1) is 18.8 Å². The van der Waals surface area contributed by atoms with E-state index in [4.69, 9.17) is 4.74 Å². The largest absolute Gasteiger partial charge is 0.492 e. The third kappa shape index (κ3) is 7.08. The summed E-state index contributed by atoms with van der Waals surface area (Å²) in [5.74, 6) is 1.62. The second-order valence-electron chi connectivity index (χ2n) is 4.87. The molecule has 0 aliphatic carbocycles. The number of hydrogen-bond acceptors (Lipinski definition) is 3. The Morgan fingerprint density at radius 3 is 2.83 bits per heavy atom. The van der Waals surface area contributed by atoms with E-state index in [1.165, 1.54) is 0 Å². The van der Waals surface area contributed by atoms with E-state index in [9.17, 15) is 0 Å². The van der Waals surface area contributed by atoms with Crippen molar-refractivity contribution in [3.63, 3.8) is 0 Å². The summed E-state index contributed by atoms with van der Waals surface area (Å²) in [5.41, 5.74) is 1.06. The molecular formula is C16H23BrIN5O. The van der Waals surface area contributed by atoms with Crippen molar-refractivity contribution in [2.75, 3.05) is 19.7 Å². The average molecular weight is 508 g/mol. The zero-order valence-corrected chi connectivity index (χ0v) is 17.7. The van der Waals surface area contributed by atoms with Crippen LogP contribution < -0.4 is 15.4 Å². The van der Waals surface area contributed by atoms with Crippen LogP contribution in [-0.2, 0) is 13.6 Å². The van der Waals surface area contributed by atoms with Gasteiger partial charge in [0.15, 0.2) is 5.96 Å². The Labute approximate surface area is 168 Å². The number of aliphatic imine (C=N–C) groups is 1. The van der Waals surface area contributed by atoms with Crippen LogP contribution in [0, 0.1) is 0 Å². The molecule has 0 fully saturated rings. The number of aryl methyl sites for hydroxylation is 1. The molecule has 2 aromatic rings. The Balaban J connectivity index is 0.00000288. The van der Waals surface area contributed by atoms with Gasteiger partial charge in [-0.15, -0.1) is 24.0 Å². The minimum atomic E-state index is 0. The van der Waals surface area contributed by atoms with Gasteiger partial charge in [-0.05, 0) is 31.2 Å². The molecule has 0 saturated heterocycles. The van der Waals surface area contributed by atoms with E-state index in [1.54, 1.807) is 6.20 Å². The first-order chi connectivity index (χ1) is 11.2. The summed E-state index contributed by atoms with van der Waals surface area (Å²) in [7, 11) is 1.91. The third-order valence-electron chi connectivity index (χ3n) is 3.13. The number of benzene rings is 1. The van der Waals surface area contributed by atoms with Crippen molar-refractivity contribution in [2.24, 2.45) is 12.0 Å². The molecule has 0 amide bonds. The molecule has 6 nitrogen and oxygen atoms in total. The van der Waals surface area contributed by atoms with Gasteiger partial charge in [-0.2, -0.15) is 5.10 Å². The molecule has 0 radical (unpaired) electrons. The van der Waals surface area contributed by atoms with Gasteiger partial charge in [0, 0.05) is 24.3 Å². The smallest absolute Gasteiger partial charge is 0.191 e. The molecule has 8 heteroatoms. The van der Waals surface area contributed by atoms with Crippen LogP contribution in [0.25, 0.3) is 0 Å². The lowest BCUT2D eigenvalue weighted by Gasteiger charge is -2.12. The van der Waals surface area contributed by atoms with E-state index < -0.39 is 0 Å². The molecule has 24 heavy (non-hydrogen) atoms. The van der Waals surface area contributed by atoms with Gasteiger partial charge in [-0.1, -0.05) is 22.0 Å². The minimum Gasteiger partial charge on any atom is -0.492 e. The lowest BCUT2D eigenvalue weighted by molar-refractivity contribution is 0.321. The predicted molar refractivity (Wildman–Crippen MR) is 111 cm³/mol. The number of nitrogens with one attached hydrogen (secondary N) is 2. The summed E-state index contributed by atoms with van der Waals surface area (Å²) in [5, 5.41) is 10.6. The van der Waals surface area contributed by atoms with Crippen LogP contribution in [0.5, 0.6) is 5.75 Å². The highest BCUT2D eigenvalue weighted by Gasteiger charge is 2.00. The number of nitrogens with zero attached hydrogens (tertiary/aromatic N) is 3. The van der Waals surface area contributed by atoms with Gasteiger partial charge < -0.3 is 15.4 Å². The van der Waals surface area contributed by atoms with Crippen LogP contribution >= 0.6 is 39.9 Å². The minimum absolute atomic E-state index is 0. The quantitative estimate of drug-likeness (QED) is 0.262. The molecule has 2 rings (SSSR count). The number of aromatic nitrogens is 2. The maximum atomic E-state index is 5.70. The Morgan fingerprint density at radius 1 is 1.33 bits per heavy atom. The van der Waals surface area contributed by atoms with Gasteiger partial charge in [-0.25, -0.2) is 4.99 Å². The fraction of sp³-hybridized carbons (Fsp3) is 0.375. The molecule has 1 aromatic carbocycles. The average Bonchev–Trinajstić information content (AvgIpc) is 2.94. The van der Waals surface area contributed by atoms with Gasteiger partial charge in [0.1, 0.15) is 12.4 Å². The molecule has 0 aliphatic heterocycles. The van der Waals surface area contributed by atoms with E-state index in [0.29, 0.717) is 19.7 Å². The summed E-state index contributed by atoms with van der Waals surface area (Å²) in [6.45, 7) is 4.66. The van der Waals surface area contributed by atoms with Crippen LogP contribution in [0.15, 0.2) is 46.0 Å². The molecule has 1 aromatic heterocycles. The van der Waals surface area contributed by atoms with Crippen LogP contribution in [0.2, 0.25) is 0 Å².